The molecule has 1 aliphatic heterocycles. The van der Waals surface area contributed by atoms with E-state index in [0.717, 1.165) is 13.0 Å². The minimum absolute atomic E-state index is 0.0602. The predicted molar refractivity (Wildman–Crippen MR) is 64.7 cm³/mol. The van der Waals surface area contributed by atoms with Crippen molar-refractivity contribution >= 4 is 0 Å². The number of aliphatic hydroxyl groups is 3. The molecule has 0 spiro atoms. The van der Waals surface area contributed by atoms with Crippen molar-refractivity contribution in [2.45, 2.75) is 31.0 Å². The molecule has 1 aromatic carbocycles. The normalized spacial score (nSPS) is 32.4. The summed E-state index contributed by atoms with van der Waals surface area (Å²) >= 11 is 0. The summed E-state index contributed by atoms with van der Waals surface area (Å²) in [5.74, 6) is 0. The van der Waals surface area contributed by atoms with Gasteiger partial charge in [0.25, 0.3) is 0 Å². The maximum atomic E-state index is 9.74. The number of nitrogens with two attached hydrogens (primary N) is 1. The second-order valence-corrected chi connectivity index (χ2v) is 4.61. The van der Waals surface area contributed by atoms with Crippen LogP contribution < -0.4 is 5.32 Å². The van der Waals surface area contributed by atoms with Crippen LogP contribution >= 0.6 is 0 Å². The summed E-state index contributed by atoms with van der Waals surface area (Å²) in [4.78, 5) is 0. The van der Waals surface area contributed by atoms with Gasteiger partial charge in [-0.05, 0) is 5.56 Å². The average molecular weight is 254 g/mol. The van der Waals surface area contributed by atoms with E-state index in [1.807, 2.05) is 35.6 Å². The molecule has 1 aromatic rings. The molecule has 5 heteroatoms. The van der Waals surface area contributed by atoms with Gasteiger partial charge in [-0.2, -0.15) is 0 Å². The molecule has 100 valence electrons. The van der Waals surface area contributed by atoms with Crippen LogP contribution in [0.25, 0.3) is 0 Å². The van der Waals surface area contributed by atoms with Crippen LogP contribution in [0.15, 0.2) is 30.3 Å². The molecule has 0 aromatic heterocycles. The number of ether oxygens (including phenoxy) is 1. The van der Waals surface area contributed by atoms with Gasteiger partial charge in [0.2, 0.25) is 6.23 Å². The molecular formula is C13H20NO4+. The van der Waals surface area contributed by atoms with E-state index in [1.54, 1.807) is 0 Å². The second kappa shape index (κ2) is 6.26. The third-order valence-corrected chi connectivity index (χ3v) is 3.21. The molecule has 1 aliphatic rings. The molecule has 0 bridgehead atoms. The predicted octanol–water partition coefficient (Wildman–Crippen LogP) is -1.77. The largest absolute Gasteiger partial charge is 0.388 e. The van der Waals surface area contributed by atoms with Crippen molar-refractivity contribution in [2.75, 3.05) is 13.2 Å². The van der Waals surface area contributed by atoms with E-state index < -0.39 is 24.5 Å². The lowest BCUT2D eigenvalue weighted by molar-refractivity contribution is -0.739. The van der Waals surface area contributed by atoms with Gasteiger partial charge in [-0.3, -0.25) is 0 Å². The first-order valence-corrected chi connectivity index (χ1v) is 6.21. The van der Waals surface area contributed by atoms with Crippen LogP contribution in [0.2, 0.25) is 0 Å². The Morgan fingerprint density at radius 3 is 2.56 bits per heavy atom. The van der Waals surface area contributed by atoms with Gasteiger partial charge in [-0.1, -0.05) is 30.3 Å². The Morgan fingerprint density at radius 1 is 1.11 bits per heavy atom. The zero-order valence-corrected chi connectivity index (χ0v) is 10.1. The number of hydrogen-bond acceptors (Lipinski definition) is 4. The van der Waals surface area contributed by atoms with E-state index in [-0.39, 0.29) is 6.61 Å². The van der Waals surface area contributed by atoms with Crippen LogP contribution in [0.3, 0.4) is 0 Å². The zero-order valence-electron chi connectivity index (χ0n) is 10.1. The number of hydrogen-bond donors (Lipinski definition) is 4. The van der Waals surface area contributed by atoms with Crippen molar-refractivity contribution in [1.29, 1.82) is 0 Å². The van der Waals surface area contributed by atoms with Gasteiger partial charge in [0.05, 0.1) is 13.2 Å². The molecule has 0 radical (unpaired) electrons. The molecule has 0 unspecified atom stereocenters. The Bertz CT molecular complexity index is 359. The molecule has 5 nitrogen and oxygen atoms in total. The van der Waals surface area contributed by atoms with Gasteiger partial charge < -0.3 is 25.4 Å². The van der Waals surface area contributed by atoms with Crippen molar-refractivity contribution in [3.63, 3.8) is 0 Å². The van der Waals surface area contributed by atoms with Crippen molar-refractivity contribution < 1.29 is 25.4 Å². The summed E-state index contributed by atoms with van der Waals surface area (Å²) in [6.07, 6.45) is -2.82. The first-order valence-electron chi connectivity index (χ1n) is 6.21. The molecule has 1 fully saturated rings. The first kappa shape index (κ1) is 13.5. The Kier molecular flexibility index (Phi) is 4.68. The van der Waals surface area contributed by atoms with Crippen molar-refractivity contribution in [1.82, 2.24) is 0 Å². The highest BCUT2D eigenvalue weighted by Gasteiger charge is 2.39. The zero-order chi connectivity index (χ0) is 13.0. The van der Waals surface area contributed by atoms with E-state index in [4.69, 9.17) is 4.74 Å². The Labute approximate surface area is 106 Å². The number of benzene rings is 1. The molecule has 0 amide bonds. The van der Waals surface area contributed by atoms with Crippen molar-refractivity contribution in [3.8, 4) is 0 Å². The number of aliphatic hydroxyl groups excluding tert-OH is 3. The molecule has 4 atom stereocenters. The highest BCUT2D eigenvalue weighted by molar-refractivity contribution is 5.14. The molecule has 2 rings (SSSR count). The molecule has 1 heterocycles. The van der Waals surface area contributed by atoms with Gasteiger partial charge in [0.1, 0.15) is 12.2 Å². The van der Waals surface area contributed by atoms with E-state index in [9.17, 15) is 15.3 Å². The molecule has 18 heavy (non-hydrogen) atoms. The minimum atomic E-state index is -1.13. The van der Waals surface area contributed by atoms with Crippen LogP contribution in [0, 0.1) is 0 Å². The summed E-state index contributed by atoms with van der Waals surface area (Å²) in [6, 6.07) is 10.0. The summed E-state index contributed by atoms with van der Waals surface area (Å²) < 4.78 is 5.30. The molecule has 1 saturated heterocycles. The SMILES string of the molecule is O[C@H]1[C@H](O)[C@H]([NH2+]CCc2ccccc2)OC[C@H]1O. The standard InChI is InChI=1S/C13H19NO4/c15-10-8-18-13(12(17)11(10)16)14-7-6-9-4-2-1-3-5-9/h1-5,10-17H,6-8H2/p+1/t10-,11-,12+,13-/m1/s1. The fourth-order valence-corrected chi connectivity index (χ4v) is 2.10. The van der Waals surface area contributed by atoms with Crippen molar-refractivity contribution in [3.05, 3.63) is 35.9 Å². The summed E-state index contributed by atoms with van der Waals surface area (Å²) in [7, 11) is 0. The van der Waals surface area contributed by atoms with Gasteiger partial charge in [0.15, 0.2) is 6.10 Å². The van der Waals surface area contributed by atoms with Gasteiger partial charge in [-0.25, -0.2) is 0 Å². The third kappa shape index (κ3) is 3.28. The Morgan fingerprint density at radius 2 is 1.83 bits per heavy atom. The van der Waals surface area contributed by atoms with Crippen molar-refractivity contribution in [2.24, 2.45) is 0 Å². The summed E-state index contributed by atoms with van der Waals surface area (Å²) in [6.45, 7) is 0.819. The highest BCUT2D eigenvalue weighted by Crippen LogP contribution is 2.11. The van der Waals surface area contributed by atoms with Crippen LogP contribution in [0.1, 0.15) is 5.56 Å². The quantitative estimate of drug-likeness (QED) is 0.512. The maximum Gasteiger partial charge on any atom is 0.219 e. The smallest absolute Gasteiger partial charge is 0.219 e. The fourth-order valence-electron chi connectivity index (χ4n) is 2.10. The number of quaternary nitrogens is 1. The van der Waals surface area contributed by atoms with Gasteiger partial charge in [0, 0.05) is 6.42 Å². The Hall–Kier alpha value is -0.980. The second-order valence-electron chi connectivity index (χ2n) is 4.61. The van der Waals surface area contributed by atoms with E-state index in [0.29, 0.717) is 0 Å². The highest BCUT2D eigenvalue weighted by atomic mass is 16.5. The van der Waals surface area contributed by atoms with Crippen LogP contribution in [0.5, 0.6) is 0 Å². The average Bonchev–Trinajstić information content (AvgIpc) is 2.40. The van der Waals surface area contributed by atoms with Crippen LogP contribution in [-0.2, 0) is 11.2 Å². The summed E-state index contributed by atoms with van der Waals surface area (Å²) in [5.41, 5.74) is 1.22. The third-order valence-electron chi connectivity index (χ3n) is 3.21. The van der Waals surface area contributed by atoms with Crippen LogP contribution in [0.4, 0.5) is 0 Å². The van der Waals surface area contributed by atoms with E-state index >= 15 is 0 Å². The van der Waals surface area contributed by atoms with Gasteiger partial charge >= 0.3 is 0 Å². The lowest BCUT2D eigenvalue weighted by Crippen LogP contribution is -2.95. The van der Waals surface area contributed by atoms with Gasteiger partial charge in [-0.15, -0.1) is 0 Å². The Balaban J connectivity index is 1.77. The lowest BCUT2D eigenvalue weighted by Gasteiger charge is -2.33. The van der Waals surface area contributed by atoms with E-state index in [1.165, 1.54) is 5.56 Å². The first-order chi connectivity index (χ1) is 8.68. The van der Waals surface area contributed by atoms with E-state index in [2.05, 4.69) is 0 Å². The topological polar surface area (TPSA) is 86.5 Å². The fraction of sp³-hybridized carbons (Fsp3) is 0.538. The summed E-state index contributed by atoms with van der Waals surface area (Å²) in [5, 5.41) is 30.4. The molecule has 0 saturated carbocycles. The number of rotatable bonds is 4. The molecule has 5 N–H and O–H groups in total. The van der Waals surface area contributed by atoms with Crippen LogP contribution in [-0.4, -0.2) is 53.0 Å². The molecular weight excluding hydrogens is 234 g/mol. The monoisotopic (exact) mass is 254 g/mol. The maximum absolute atomic E-state index is 9.74. The minimum Gasteiger partial charge on any atom is -0.388 e. The molecule has 0 aliphatic carbocycles. The lowest BCUT2D eigenvalue weighted by atomic mass is 10.0.